The van der Waals surface area contributed by atoms with Crippen molar-refractivity contribution in [3.05, 3.63) is 70.0 Å². The van der Waals surface area contributed by atoms with Crippen molar-refractivity contribution >= 4 is 20.7 Å². The van der Waals surface area contributed by atoms with Gasteiger partial charge in [-0.3, -0.25) is 4.79 Å². The molecule has 0 atom stereocenters. The molecular weight excluding hydrogens is 312 g/mol. The number of nitriles is 1. The third kappa shape index (κ3) is 2.51. The molecule has 6 heteroatoms. The summed E-state index contributed by atoms with van der Waals surface area (Å²) in [6, 6.07) is 12.6. The lowest BCUT2D eigenvalue weighted by molar-refractivity contribution is 0.595. The highest BCUT2D eigenvalue weighted by Crippen LogP contribution is 2.20. The fourth-order valence-corrected chi connectivity index (χ4v) is 3.67. The lowest BCUT2D eigenvalue weighted by Crippen LogP contribution is -2.16. The molecular formula is C17H12N2O3S. The van der Waals surface area contributed by atoms with Crippen LogP contribution in [0.15, 0.2) is 63.2 Å². The van der Waals surface area contributed by atoms with E-state index in [4.69, 9.17) is 5.26 Å². The molecule has 0 unspecified atom stereocenters. The van der Waals surface area contributed by atoms with Gasteiger partial charge in [0.1, 0.15) is 4.90 Å². The number of fused-ring (bicyclic) bond motifs is 1. The normalized spacial score (nSPS) is 11.3. The standard InChI is InChI=1S/C17H12N2O3S/c1-11-2-7-15-14(8-11)17(20)16(10-19-15)23(21,22)13-5-3-12(9-18)4-6-13/h2-8,10H,1H3,(H,19,20). The van der Waals surface area contributed by atoms with Crippen LogP contribution in [-0.4, -0.2) is 13.4 Å². The number of nitrogens with one attached hydrogen (secondary N) is 1. The summed E-state index contributed by atoms with van der Waals surface area (Å²) < 4.78 is 25.4. The van der Waals surface area contributed by atoms with Crippen LogP contribution in [0.4, 0.5) is 0 Å². The van der Waals surface area contributed by atoms with Crippen LogP contribution >= 0.6 is 0 Å². The number of H-pyrrole nitrogens is 1. The first-order chi connectivity index (χ1) is 10.9. The quantitative estimate of drug-likeness (QED) is 0.784. The molecule has 114 valence electrons. The number of hydrogen-bond acceptors (Lipinski definition) is 4. The molecule has 0 fully saturated rings. The molecule has 0 spiro atoms. The zero-order chi connectivity index (χ0) is 16.6. The summed E-state index contributed by atoms with van der Waals surface area (Å²) in [6.07, 6.45) is 1.22. The third-order valence-corrected chi connectivity index (χ3v) is 5.36. The van der Waals surface area contributed by atoms with Crippen LogP contribution in [0.5, 0.6) is 0 Å². The van der Waals surface area contributed by atoms with Gasteiger partial charge in [0, 0.05) is 17.1 Å². The number of hydrogen-bond donors (Lipinski definition) is 1. The van der Waals surface area contributed by atoms with Crippen LogP contribution in [-0.2, 0) is 9.84 Å². The first-order valence-electron chi connectivity index (χ1n) is 6.81. The van der Waals surface area contributed by atoms with Crippen LogP contribution < -0.4 is 5.43 Å². The maximum absolute atomic E-state index is 12.7. The van der Waals surface area contributed by atoms with Gasteiger partial charge in [0.2, 0.25) is 15.3 Å². The van der Waals surface area contributed by atoms with E-state index in [9.17, 15) is 13.2 Å². The summed E-state index contributed by atoms with van der Waals surface area (Å²) in [6.45, 7) is 1.83. The van der Waals surface area contributed by atoms with Crippen molar-refractivity contribution in [1.29, 1.82) is 5.26 Å². The number of pyridine rings is 1. The highest BCUT2D eigenvalue weighted by Gasteiger charge is 2.22. The Kier molecular flexibility index (Phi) is 3.51. The van der Waals surface area contributed by atoms with Gasteiger partial charge in [-0.1, -0.05) is 11.6 Å². The van der Waals surface area contributed by atoms with Crippen molar-refractivity contribution in [3.63, 3.8) is 0 Å². The summed E-state index contributed by atoms with van der Waals surface area (Å²) in [5.41, 5.74) is 1.27. The van der Waals surface area contributed by atoms with Crippen LogP contribution in [0.2, 0.25) is 0 Å². The zero-order valence-electron chi connectivity index (χ0n) is 12.2. The number of aromatic nitrogens is 1. The van der Waals surface area contributed by atoms with E-state index in [1.807, 2.05) is 19.1 Å². The predicted octanol–water partition coefficient (Wildman–Crippen LogP) is 2.54. The molecule has 0 aliphatic heterocycles. The summed E-state index contributed by atoms with van der Waals surface area (Å²) >= 11 is 0. The van der Waals surface area contributed by atoms with Gasteiger partial charge < -0.3 is 4.98 Å². The summed E-state index contributed by atoms with van der Waals surface area (Å²) in [7, 11) is -3.95. The van der Waals surface area contributed by atoms with Gasteiger partial charge in [0.05, 0.1) is 16.5 Å². The Morgan fingerprint density at radius 1 is 1.09 bits per heavy atom. The van der Waals surface area contributed by atoms with Gasteiger partial charge in [0.15, 0.2) is 0 Å². The molecule has 0 saturated carbocycles. The number of sulfone groups is 1. The van der Waals surface area contributed by atoms with Crippen molar-refractivity contribution < 1.29 is 8.42 Å². The molecule has 1 heterocycles. The van der Waals surface area contributed by atoms with E-state index in [1.54, 1.807) is 12.1 Å². The predicted molar refractivity (Wildman–Crippen MR) is 85.9 cm³/mol. The van der Waals surface area contributed by atoms with Crippen LogP contribution in [0.1, 0.15) is 11.1 Å². The Morgan fingerprint density at radius 3 is 2.43 bits per heavy atom. The first kappa shape index (κ1) is 15.0. The van der Waals surface area contributed by atoms with Gasteiger partial charge in [-0.15, -0.1) is 0 Å². The molecule has 0 radical (unpaired) electrons. The molecule has 2 aromatic carbocycles. The maximum atomic E-state index is 12.7. The Labute approximate surface area is 132 Å². The minimum atomic E-state index is -3.95. The van der Waals surface area contributed by atoms with Crippen LogP contribution in [0.25, 0.3) is 10.9 Å². The molecule has 0 amide bonds. The number of nitrogens with zero attached hydrogens (tertiary/aromatic N) is 1. The van der Waals surface area contributed by atoms with Crippen LogP contribution in [0.3, 0.4) is 0 Å². The topological polar surface area (TPSA) is 90.8 Å². The van der Waals surface area contributed by atoms with Gasteiger partial charge in [-0.2, -0.15) is 5.26 Å². The van der Waals surface area contributed by atoms with E-state index in [0.717, 1.165) is 5.56 Å². The highest BCUT2D eigenvalue weighted by atomic mass is 32.2. The van der Waals surface area contributed by atoms with Crippen molar-refractivity contribution in [2.24, 2.45) is 0 Å². The molecule has 1 aromatic heterocycles. The molecule has 0 aliphatic carbocycles. The molecule has 0 bridgehead atoms. The number of aromatic amines is 1. The molecule has 0 aliphatic rings. The van der Waals surface area contributed by atoms with E-state index in [0.29, 0.717) is 16.5 Å². The van der Waals surface area contributed by atoms with Gasteiger partial charge >= 0.3 is 0 Å². The zero-order valence-corrected chi connectivity index (χ0v) is 13.0. The Bertz CT molecular complexity index is 1110. The fourth-order valence-electron chi connectivity index (χ4n) is 2.35. The minimum absolute atomic E-state index is 0.0194. The van der Waals surface area contributed by atoms with Gasteiger partial charge in [0.25, 0.3) is 0 Å². The van der Waals surface area contributed by atoms with Crippen molar-refractivity contribution in [3.8, 4) is 6.07 Å². The van der Waals surface area contributed by atoms with E-state index in [1.165, 1.54) is 30.5 Å². The summed E-state index contributed by atoms with van der Waals surface area (Å²) in [4.78, 5) is 15.1. The van der Waals surface area contributed by atoms with E-state index in [2.05, 4.69) is 4.98 Å². The average molecular weight is 324 g/mol. The Hall–Kier alpha value is -2.91. The fraction of sp³-hybridized carbons (Fsp3) is 0.0588. The summed E-state index contributed by atoms with van der Waals surface area (Å²) in [5, 5.41) is 9.12. The molecule has 5 nitrogen and oxygen atoms in total. The van der Waals surface area contributed by atoms with Gasteiger partial charge in [-0.25, -0.2) is 8.42 Å². The molecule has 23 heavy (non-hydrogen) atoms. The molecule has 1 N–H and O–H groups in total. The highest BCUT2D eigenvalue weighted by molar-refractivity contribution is 7.91. The van der Waals surface area contributed by atoms with E-state index in [-0.39, 0.29) is 9.79 Å². The second-order valence-electron chi connectivity index (χ2n) is 5.17. The van der Waals surface area contributed by atoms with Crippen molar-refractivity contribution in [1.82, 2.24) is 4.98 Å². The SMILES string of the molecule is Cc1ccc2[nH]cc(S(=O)(=O)c3ccc(C#N)cc3)c(=O)c2c1. The number of aryl methyl sites for hydroxylation is 1. The lowest BCUT2D eigenvalue weighted by atomic mass is 10.1. The molecule has 3 aromatic rings. The van der Waals surface area contributed by atoms with E-state index < -0.39 is 15.3 Å². The van der Waals surface area contributed by atoms with Crippen molar-refractivity contribution in [2.45, 2.75) is 16.7 Å². The maximum Gasteiger partial charge on any atom is 0.211 e. The van der Waals surface area contributed by atoms with Gasteiger partial charge in [-0.05, 0) is 43.3 Å². The monoisotopic (exact) mass is 324 g/mol. The van der Waals surface area contributed by atoms with Crippen molar-refractivity contribution in [2.75, 3.05) is 0 Å². The largest absolute Gasteiger partial charge is 0.360 e. The third-order valence-electron chi connectivity index (χ3n) is 3.59. The lowest BCUT2D eigenvalue weighted by Gasteiger charge is -2.06. The average Bonchev–Trinajstić information content (AvgIpc) is 2.55. The van der Waals surface area contributed by atoms with Crippen LogP contribution in [0, 0.1) is 18.3 Å². The number of rotatable bonds is 2. The second kappa shape index (κ2) is 5.38. The number of benzene rings is 2. The summed E-state index contributed by atoms with van der Waals surface area (Å²) in [5.74, 6) is 0. The Morgan fingerprint density at radius 2 is 1.78 bits per heavy atom. The minimum Gasteiger partial charge on any atom is -0.360 e. The molecule has 3 rings (SSSR count). The van der Waals surface area contributed by atoms with E-state index >= 15 is 0 Å². The Balaban J connectivity index is 2.24. The second-order valence-corrected chi connectivity index (χ2v) is 7.09. The molecule has 0 saturated heterocycles. The first-order valence-corrected chi connectivity index (χ1v) is 8.29. The smallest absolute Gasteiger partial charge is 0.211 e.